The number of para-hydroxylation sites is 1. The Morgan fingerprint density at radius 1 is 1.00 bits per heavy atom. The Labute approximate surface area is 177 Å². The Bertz CT molecular complexity index is 1160. The van der Waals surface area contributed by atoms with Crippen LogP contribution < -0.4 is 5.32 Å². The van der Waals surface area contributed by atoms with Crippen molar-refractivity contribution in [1.29, 1.82) is 0 Å². The number of amides is 1. The monoisotopic (exact) mass is 423 g/mol. The highest BCUT2D eigenvalue weighted by molar-refractivity contribution is 7.89. The Balaban J connectivity index is 1.56. The first-order valence-electron chi connectivity index (χ1n) is 10.2. The van der Waals surface area contributed by atoms with Crippen LogP contribution in [0.5, 0.6) is 0 Å². The van der Waals surface area contributed by atoms with Gasteiger partial charge in [0.15, 0.2) is 0 Å². The summed E-state index contributed by atoms with van der Waals surface area (Å²) in [5.41, 5.74) is 1.64. The summed E-state index contributed by atoms with van der Waals surface area (Å²) in [6, 6.07) is 15.5. The Hall–Kier alpha value is -2.77. The van der Waals surface area contributed by atoms with Gasteiger partial charge in [0.25, 0.3) is 5.91 Å². The molecule has 1 saturated heterocycles. The van der Waals surface area contributed by atoms with Crippen molar-refractivity contribution in [2.75, 3.05) is 5.32 Å². The molecular weight excluding hydrogens is 398 g/mol. The van der Waals surface area contributed by atoms with Gasteiger partial charge in [0, 0.05) is 29.4 Å². The predicted octanol–water partition coefficient (Wildman–Crippen LogP) is 4.44. The molecule has 6 nitrogen and oxygen atoms in total. The fourth-order valence-corrected chi connectivity index (χ4v) is 6.07. The van der Waals surface area contributed by atoms with Gasteiger partial charge in [-0.05, 0) is 63.1 Å². The summed E-state index contributed by atoms with van der Waals surface area (Å²) < 4.78 is 27.9. The van der Waals surface area contributed by atoms with Crippen LogP contribution in [-0.4, -0.2) is 35.7 Å². The van der Waals surface area contributed by atoms with E-state index in [0.717, 1.165) is 24.6 Å². The number of pyridine rings is 1. The highest BCUT2D eigenvalue weighted by Crippen LogP contribution is 2.30. The van der Waals surface area contributed by atoms with E-state index in [9.17, 15) is 13.2 Å². The van der Waals surface area contributed by atoms with Crippen LogP contribution in [0.2, 0.25) is 0 Å². The molecule has 4 rings (SSSR count). The molecule has 1 aromatic heterocycles. The molecule has 0 radical (unpaired) electrons. The molecule has 1 aliphatic heterocycles. The minimum Gasteiger partial charge on any atom is -0.322 e. The number of piperidine rings is 1. The molecule has 1 amide bonds. The second kappa shape index (κ2) is 8.16. The minimum atomic E-state index is -3.58. The van der Waals surface area contributed by atoms with E-state index < -0.39 is 10.0 Å². The largest absolute Gasteiger partial charge is 0.322 e. The van der Waals surface area contributed by atoms with Gasteiger partial charge >= 0.3 is 0 Å². The fraction of sp³-hybridized carbons (Fsp3) is 0.304. The van der Waals surface area contributed by atoms with Gasteiger partial charge in [-0.3, -0.25) is 9.78 Å². The summed E-state index contributed by atoms with van der Waals surface area (Å²) in [7, 11) is -3.58. The molecule has 0 aliphatic carbocycles. The number of hydrogen-bond donors (Lipinski definition) is 1. The number of anilines is 1. The molecule has 2 heterocycles. The highest BCUT2D eigenvalue weighted by Gasteiger charge is 2.35. The molecular formula is C23H25N3O3S. The van der Waals surface area contributed by atoms with Crippen molar-refractivity contribution >= 4 is 32.5 Å². The quantitative estimate of drug-likeness (QED) is 0.673. The summed E-state index contributed by atoms with van der Waals surface area (Å²) in [4.78, 5) is 17.3. The lowest BCUT2D eigenvalue weighted by molar-refractivity contribution is 0.102. The average molecular weight is 424 g/mol. The molecule has 2 aromatic carbocycles. The maximum atomic E-state index is 13.1. The smallest absolute Gasteiger partial charge is 0.257 e. The number of benzene rings is 2. The molecule has 156 valence electrons. The van der Waals surface area contributed by atoms with Crippen molar-refractivity contribution < 1.29 is 13.2 Å². The molecule has 3 aromatic rings. The second-order valence-corrected chi connectivity index (χ2v) is 9.67. The number of aromatic nitrogens is 1. The van der Waals surface area contributed by atoms with Gasteiger partial charge in [-0.15, -0.1) is 0 Å². The average Bonchev–Trinajstić information content (AvgIpc) is 2.73. The van der Waals surface area contributed by atoms with Crippen molar-refractivity contribution in [1.82, 2.24) is 9.29 Å². The van der Waals surface area contributed by atoms with Crippen molar-refractivity contribution in [3.63, 3.8) is 0 Å². The first-order chi connectivity index (χ1) is 14.4. The van der Waals surface area contributed by atoms with Crippen molar-refractivity contribution in [2.24, 2.45) is 0 Å². The van der Waals surface area contributed by atoms with Crippen LogP contribution in [0.25, 0.3) is 10.9 Å². The highest BCUT2D eigenvalue weighted by atomic mass is 32.2. The van der Waals surface area contributed by atoms with Crippen molar-refractivity contribution in [3.8, 4) is 0 Å². The first-order valence-corrected chi connectivity index (χ1v) is 11.6. The normalized spacial score (nSPS) is 20.2. The molecule has 0 spiro atoms. The van der Waals surface area contributed by atoms with Crippen LogP contribution in [0.1, 0.15) is 43.5 Å². The predicted molar refractivity (Wildman–Crippen MR) is 118 cm³/mol. The summed E-state index contributed by atoms with van der Waals surface area (Å²) >= 11 is 0. The van der Waals surface area contributed by atoms with Gasteiger partial charge in [0.1, 0.15) is 0 Å². The van der Waals surface area contributed by atoms with Crippen LogP contribution >= 0.6 is 0 Å². The molecule has 1 fully saturated rings. The number of sulfonamides is 1. The lowest BCUT2D eigenvalue weighted by Gasteiger charge is -2.37. The van der Waals surface area contributed by atoms with E-state index >= 15 is 0 Å². The van der Waals surface area contributed by atoms with E-state index in [1.807, 2.05) is 38.1 Å². The second-order valence-electron chi connectivity index (χ2n) is 7.82. The minimum absolute atomic E-state index is 0.0167. The van der Waals surface area contributed by atoms with Crippen molar-refractivity contribution in [3.05, 3.63) is 66.4 Å². The van der Waals surface area contributed by atoms with Crippen LogP contribution in [-0.2, 0) is 10.0 Å². The van der Waals surface area contributed by atoms with Gasteiger partial charge in [0.2, 0.25) is 10.0 Å². The van der Waals surface area contributed by atoms with E-state index in [2.05, 4.69) is 10.3 Å². The molecule has 2 atom stereocenters. The van der Waals surface area contributed by atoms with E-state index in [1.54, 1.807) is 40.8 Å². The number of rotatable bonds is 4. The summed E-state index contributed by atoms with van der Waals surface area (Å²) in [6.45, 7) is 3.92. The molecule has 0 bridgehead atoms. The molecule has 30 heavy (non-hydrogen) atoms. The SMILES string of the molecule is C[C@H]1CCC[C@H](C)N1S(=O)(=O)c1ccc(NC(=O)c2cccc3cccnc23)cc1. The maximum absolute atomic E-state index is 13.1. The van der Waals surface area contributed by atoms with Gasteiger partial charge in [-0.25, -0.2) is 8.42 Å². The topological polar surface area (TPSA) is 79.4 Å². The number of hydrogen-bond acceptors (Lipinski definition) is 4. The molecule has 1 aliphatic rings. The number of fused-ring (bicyclic) bond motifs is 1. The van der Waals surface area contributed by atoms with Crippen LogP contribution in [0, 0.1) is 0 Å². The molecule has 0 saturated carbocycles. The number of carbonyl (C=O) groups is 1. The van der Waals surface area contributed by atoms with E-state index in [-0.39, 0.29) is 22.9 Å². The Kier molecular flexibility index (Phi) is 5.58. The Morgan fingerprint density at radius 3 is 2.37 bits per heavy atom. The summed E-state index contributed by atoms with van der Waals surface area (Å²) in [6.07, 6.45) is 4.44. The van der Waals surface area contributed by atoms with Crippen molar-refractivity contribution in [2.45, 2.75) is 50.1 Å². The third kappa shape index (κ3) is 3.82. The first kappa shape index (κ1) is 20.5. The van der Waals surface area contributed by atoms with Gasteiger partial charge in [-0.2, -0.15) is 4.31 Å². The number of nitrogens with one attached hydrogen (secondary N) is 1. The van der Waals surface area contributed by atoms with E-state index in [4.69, 9.17) is 0 Å². The van der Waals surface area contributed by atoms with E-state index in [0.29, 0.717) is 16.8 Å². The van der Waals surface area contributed by atoms with Crippen LogP contribution in [0.3, 0.4) is 0 Å². The van der Waals surface area contributed by atoms with Crippen LogP contribution in [0.4, 0.5) is 5.69 Å². The molecule has 7 heteroatoms. The number of carbonyl (C=O) groups excluding carboxylic acids is 1. The zero-order valence-electron chi connectivity index (χ0n) is 17.1. The fourth-order valence-electron chi connectivity index (χ4n) is 4.19. The zero-order chi connectivity index (χ0) is 21.3. The summed E-state index contributed by atoms with van der Waals surface area (Å²) in [5.74, 6) is -0.284. The zero-order valence-corrected chi connectivity index (χ0v) is 17.9. The van der Waals surface area contributed by atoms with Gasteiger partial charge in [0.05, 0.1) is 16.0 Å². The number of nitrogens with zero attached hydrogens (tertiary/aromatic N) is 2. The molecule has 1 N–H and O–H groups in total. The third-order valence-electron chi connectivity index (χ3n) is 5.68. The van der Waals surface area contributed by atoms with Gasteiger partial charge < -0.3 is 5.32 Å². The Morgan fingerprint density at radius 2 is 1.67 bits per heavy atom. The summed E-state index contributed by atoms with van der Waals surface area (Å²) in [5, 5.41) is 3.72. The van der Waals surface area contributed by atoms with Crippen LogP contribution in [0.15, 0.2) is 65.7 Å². The molecule has 0 unspecified atom stereocenters. The lowest BCUT2D eigenvalue weighted by Crippen LogP contribution is -2.47. The standard InChI is InChI=1S/C23H25N3O3S/c1-16-6-3-7-17(2)26(16)30(28,29)20-13-11-19(12-14-20)25-23(27)21-10-4-8-18-9-5-15-24-22(18)21/h4-5,8-17H,3,6-7H2,1-2H3,(H,25,27)/t16-,17-/m0/s1. The lowest BCUT2D eigenvalue weighted by atomic mass is 10.0. The third-order valence-corrected chi connectivity index (χ3v) is 7.82. The maximum Gasteiger partial charge on any atom is 0.257 e. The van der Waals surface area contributed by atoms with Gasteiger partial charge in [-0.1, -0.05) is 24.6 Å². The van der Waals surface area contributed by atoms with E-state index in [1.165, 1.54) is 0 Å².